The van der Waals surface area contributed by atoms with Crippen molar-refractivity contribution in [3.8, 4) is 11.4 Å². The summed E-state index contributed by atoms with van der Waals surface area (Å²) in [5.41, 5.74) is 6.85. The molecule has 0 radical (unpaired) electrons. The number of nitrogens with two attached hydrogens (primary N) is 1. The maximum Gasteiger partial charge on any atom is 0.241 e. The predicted molar refractivity (Wildman–Crippen MR) is 83.3 cm³/mol. The van der Waals surface area contributed by atoms with E-state index in [1.54, 1.807) is 12.4 Å². The van der Waals surface area contributed by atoms with Gasteiger partial charge in [-0.25, -0.2) is 0 Å². The van der Waals surface area contributed by atoms with Crippen LogP contribution >= 0.6 is 0 Å². The second kappa shape index (κ2) is 5.99. The molecule has 0 aromatic carbocycles. The van der Waals surface area contributed by atoms with E-state index in [2.05, 4.69) is 20.0 Å². The van der Waals surface area contributed by atoms with Crippen LogP contribution in [0.5, 0.6) is 0 Å². The van der Waals surface area contributed by atoms with Crippen LogP contribution in [0.1, 0.15) is 25.2 Å². The Morgan fingerprint density at radius 3 is 2.91 bits per heavy atom. The summed E-state index contributed by atoms with van der Waals surface area (Å²) >= 11 is 0. The van der Waals surface area contributed by atoms with Gasteiger partial charge in [-0.15, -0.1) is 0 Å². The van der Waals surface area contributed by atoms with E-state index >= 15 is 0 Å². The Morgan fingerprint density at radius 1 is 1.35 bits per heavy atom. The van der Waals surface area contributed by atoms with E-state index < -0.39 is 0 Å². The smallest absolute Gasteiger partial charge is 0.241 e. The Morgan fingerprint density at radius 2 is 2.22 bits per heavy atom. The highest BCUT2D eigenvalue weighted by atomic mass is 16.5. The molecule has 7 heteroatoms. The van der Waals surface area contributed by atoms with Gasteiger partial charge >= 0.3 is 0 Å². The van der Waals surface area contributed by atoms with E-state index in [-0.39, 0.29) is 11.6 Å². The van der Waals surface area contributed by atoms with Gasteiger partial charge in [0.05, 0.1) is 18.8 Å². The number of aromatic nitrogens is 3. The molecule has 1 unspecified atom stereocenters. The van der Waals surface area contributed by atoms with Gasteiger partial charge in [0, 0.05) is 37.1 Å². The minimum atomic E-state index is 0.00558. The van der Waals surface area contributed by atoms with Gasteiger partial charge < -0.3 is 15.0 Å². The summed E-state index contributed by atoms with van der Waals surface area (Å²) < 4.78 is 11.3. The maximum absolute atomic E-state index is 5.98. The van der Waals surface area contributed by atoms with Gasteiger partial charge in [0.1, 0.15) is 0 Å². The molecule has 2 aliphatic rings. The summed E-state index contributed by atoms with van der Waals surface area (Å²) in [7, 11) is 0. The summed E-state index contributed by atoms with van der Waals surface area (Å²) in [5, 5.41) is 4.04. The molecular formula is C16H21N5O2. The summed E-state index contributed by atoms with van der Waals surface area (Å²) in [6, 6.07) is 3.98. The number of ether oxygens (including phenoxy) is 1. The van der Waals surface area contributed by atoms with Gasteiger partial charge in [-0.05, 0) is 31.4 Å². The van der Waals surface area contributed by atoms with Gasteiger partial charge in [-0.2, -0.15) is 4.98 Å². The molecule has 0 amide bonds. The summed E-state index contributed by atoms with van der Waals surface area (Å²) in [5.74, 6) is 1.23. The van der Waals surface area contributed by atoms with Gasteiger partial charge in [0.25, 0.3) is 0 Å². The van der Waals surface area contributed by atoms with Crippen molar-refractivity contribution in [1.29, 1.82) is 0 Å². The number of likely N-dealkylation sites (tertiary alicyclic amines) is 1. The van der Waals surface area contributed by atoms with Crippen molar-refractivity contribution >= 4 is 0 Å². The first kappa shape index (κ1) is 14.7. The Kier molecular flexibility index (Phi) is 3.84. The van der Waals surface area contributed by atoms with Crippen molar-refractivity contribution in [2.24, 2.45) is 5.73 Å². The highest BCUT2D eigenvalue weighted by Crippen LogP contribution is 2.35. The third-order valence-corrected chi connectivity index (χ3v) is 4.75. The molecule has 4 heterocycles. The fourth-order valence-electron chi connectivity index (χ4n) is 3.47. The first-order chi connectivity index (χ1) is 11.2. The largest absolute Gasteiger partial charge is 0.373 e. The van der Waals surface area contributed by atoms with Crippen LogP contribution in [0.4, 0.5) is 0 Å². The molecular weight excluding hydrogens is 294 g/mol. The molecule has 2 fully saturated rings. The fraction of sp³-hybridized carbons (Fsp3) is 0.562. The molecule has 2 aliphatic heterocycles. The summed E-state index contributed by atoms with van der Waals surface area (Å²) in [4.78, 5) is 10.9. The second-order valence-corrected chi connectivity index (χ2v) is 6.49. The molecule has 0 saturated carbocycles. The molecule has 2 aromatic rings. The highest BCUT2D eigenvalue weighted by Gasteiger charge is 2.41. The lowest BCUT2D eigenvalue weighted by molar-refractivity contribution is -0.0461. The van der Waals surface area contributed by atoms with Crippen molar-refractivity contribution in [3.63, 3.8) is 0 Å². The van der Waals surface area contributed by atoms with Crippen molar-refractivity contribution in [1.82, 2.24) is 20.0 Å². The van der Waals surface area contributed by atoms with Gasteiger partial charge in [-0.3, -0.25) is 9.88 Å². The molecule has 4 rings (SSSR count). The van der Waals surface area contributed by atoms with Crippen LogP contribution in [0, 0.1) is 0 Å². The van der Waals surface area contributed by atoms with Crippen LogP contribution in [-0.2, 0) is 11.3 Å². The van der Waals surface area contributed by atoms with Crippen LogP contribution in [0.3, 0.4) is 0 Å². The Balaban J connectivity index is 1.36. The molecule has 0 bridgehead atoms. The molecule has 23 heavy (non-hydrogen) atoms. The molecule has 2 aromatic heterocycles. The normalized spacial score (nSPS) is 24.3. The van der Waals surface area contributed by atoms with E-state index in [1.807, 2.05) is 12.1 Å². The van der Waals surface area contributed by atoms with E-state index in [9.17, 15) is 0 Å². The summed E-state index contributed by atoms with van der Waals surface area (Å²) in [6.45, 7) is 3.31. The zero-order valence-corrected chi connectivity index (χ0v) is 13.0. The molecule has 0 aliphatic carbocycles. The number of piperidine rings is 1. The fourth-order valence-corrected chi connectivity index (χ4v) is 3.47. The van der Waals surface area contributed by atoms with E-state index in [0.717, 1.165) is 37.9 Å². The van der Waals surface area contributed by atoms with E-state index in [1.165, 1.54) is 0 Å². The quantitative estimate of drug-likeness (QED) is 0.910. The van der Waals surface area contributed by atoms with Gasteiger partial charge in [0.15, 0.2) is 0 Å². The van der Waals surface area contributed by atoms with Crippen molar-refractivity contribution < 1.29 is 9.26 Å². The Bertz CT molecular complexity index is 652. The van der Waals surface area contributed by atoms with Crippen LogP contribution in [-0.4, -0.2) is 51.4 Å². The number of nitrogens with zero attached hydrogens (tertiary/aromatic N) is 4. The lowest BCUT2D eigenvalue weighted by Gasteiger charge is -2.38. The Hall–Kier alpha value is -1.83. The third kappa shape index (κ3) is 3.12. The molecule has 1 atom stereocenters. The first-order valence-electron chi connectivity index (χ1n) is 8.07. The SMILES string of the molecule is NC1COC2(CCN(Cc3nc(-c4cccnc4)no3)CC2)C1. The number of hydrogen-bond acceptors (Lipinski definition) is 7. The van der Waals surface area contributed by atoms with E-state index in [4.69, 9.17) is 15.0 Å². The monoisotopic (exact) mass is 315 g/mol. The Labute approximate surface area is 134 Å². The minimum absolute atomic E-state index is 0.00558. The van der Waals surface area contributed by atoms with Gasteiger partial charge in [-0.1, -0.05) is 5.16 Å². The van der Waals surface area contributed by atoms with Gasteiger partial charge in [0.2, 0.25) is 11.7 Å². The standard InChI is InChI=1S/C16H21N5O2/c17-13-8-16(22-11-13)3-6-21(7-4-16)10-14-19-15(20-23-14)12-2-1-5-18-9-12/h1-2,5,9,13H,3-4,6-8,10-11,17H2. The zero-order chi connectivity index (χ0) is 15.7. The lowest BCUT2D eigenvalue weighted by atomic mass is 9.87. The van der Waals surface area contributed by atoms with Crippen LogP contribution in [0.15, 0.2) is 29.0 Å². The second-order valence-electron chi connectivity index (χ2n) is 6.49. The lowest BCUT2D eigenvalue weighted by Crippen LogP contribution is -2.44. The van der Waals surface area contributed by atoms with Crippen molar-refractivity contribution in [2.45, 2.75) is 37.5 Å². The van der Waals surface area contributed by atoms with Crippen molar-refractivity contribution in [3.05, 3.63) is 30.4 Å². The number of pyridine rings is 1. The minimum Gasteiger partial charge on any atom is -0.373 e. The van der Waals surface area contributed by atoms with Crippen LogP contribution in [0.2, 0.25) is 0 Å². The first-order valence-corrected chi connectivity index (χ1v) is 8.07. The molecule has 122 valence electrons. The molecule has 2 saturated heterocycles. The van der Waals surface area contributed by atoms with Crippen LogP contribution in [0.25, 0.3) is 11.4 Å². The van der Waals surface area contributed by atoms with E-state index in [0.29, 0.717) is 24.9 Å². The summed E-state index contributed by atoms with van der Waals surface area (Å²) in [6.07, 6.45) is 6.48. The number of rotatable bonds is 3. The molecule has 1 spiro atoms. The molecule has 7 nitrogen and oxygen atoms in total. The predicted octanol–water partition coefficient (Wildman–Crippen LogP) is 1.21. The number of hydrogen-bond donors (Lipinski definition) is 1. The maximum atomic E-state index is 5.98. The zero-order valence-electron chi connectivity index (χ0n) is 13.0. The molecule has 2 N–H and O–H groups in total. The average Bonchev–Trinajstić information content (AvgIpc) is 3.18. The van der Waals surface area contributed by atoms with Crippen molar-refractivity contribution in [2.75, 3.05) is 19.7 Å². The van der Waals surface area contributed by atoms with Crippen LogP contribution < -0.4 is 5.73 Å². The third-order valence-electron chi connectivity index (χ3n) is 4.75. The average molecular weight is 315 g/mol. The highest BCUT2D eigenvalue weighted by molar-refractivity contribution is 5.51. The topological polar surface area (TPSA) is 90.3 Å².